The first kappa shape index (κ1) is 10.2. The molecule has 0 fully saturated rings. The van der Waals surface area contributed by atoms with Crippen LogP contribution in [0.3, 0.4) is 0 Å². The normalized spacial score (nSPS) is 19.1. The van der Waals surface area contributed by atoms with E-state index in [1.165, 1.54) is 16.3 Å². The first-order chi connectivity index (χ1) is 8.33. The van der Waals surface area contributed by atoms with Gasteiger partial charge in [0.15, 0.2) is 0 Å². The Morgan fingerprint density at radius 2 is 1.94 bits per heavy atom. The number of nitrogens with two attached hydrogens (primary N) is 1. The van der Waals surface area contributed by atoms with Crippen LogP contribution in [0.2, 0.25) is 0 Å². The van der Waals surface area contributed by atoms with Crippen LogP contribution < -0.4 is 11.1 Å². The molecule has 0 spiro atoms. The molecule has 0 unspecified atom stereocenters. The van der Waals surface area contributed by atoms with Gasteiger partial charge in [0.05, 0.1) is 5.82 Å². The number of fused-ring (bicyclic) bond motifs is 1. The largest absolute Gasteiger partial charge is 0.386 e. The zero-order valence-corrected chi connectivity index (χ0v) is 9.69. The molecule has 86 valence electrons. The van der Waals surface area contributed by atoms with Crippen molar-refractivity contribution in [1.29, 1.82) is 0 Å². The Morgan fingerprint density at radius 3 is 2.76 bits per heavy atom. The summed E-state index contributed by atoms with van der Waals surface area (Å²) in [5, 5.41) is 5.85. The Balaban J connectivity index is 1.95. The molecule has 0 aliphatic carbocycles. The van der Waals surface area contributed by atoms with Gasteiger partial charge < -0.3 is 11.1 Å². The summed E-state index contributed by atoms with van der Waals surface area (Å²) in [5.41, 5.74) is 7.14. The van der Waals surface area contributed by atoms with E-state index in [0.29, 0.717) is 5.92 Å². The van der Waals surface area contributed by atoms with Crippen molar-refractivity contribution < 1.29 is 0 Å². The Labute approximate surface area is 101 Å². The highest BCUT2D eigenvalue weighted by molar-refractivity contribution is 5.85. The summed E-state index contributed by atoms with van der Waals surface area (Å²) in [6.45, 7) is 0.953. The predicted octanol–water partition coefficient (Wildman–Crippen LogP) is 2.40. The van der Waals surface area contributed by atoms with E-state index in [0.717, 1.165) is 18.8 Å². The molecule has 3 rings (SSSR count). The summed E-state index contributed by atoms with van der Waals surface area (Å²) in [7, 11) is 0. The molecule has 0 radical (unpaired) electrons. The molecule has 0 saturated heterocycles. The minimum Gasteiger partial charge on any atom is -0.386 e. The smallest absolute Gasteiger partial charge is 0.0922 e. The SMILES string of the molecule is NC1=C[C@H](Cc2cccc3ccccc23)CN1. The summed E-state index contributed by atoms with van der Waals surface area (Å²) in [6.07, 6.45) is 3.18. The molecule has 0 saturated carbocycles. The molecule has 0 aromatic heterocycles. The second kappa shape index (κ2) is 4.13. The van der Waals surface area contributed by atoms with Gasteiger partial charge in [-0.3, -0.25) is 0 Å². The summed E-state index contributed by atoms with van der Waals surface area (Å²) < 4.78 is 0. The van der Waals surface area contributed by atoms with Gasteiger partial charge in [-0.25, -0.2) is 0 Å². The van der Waals surface area contributed by atoms with Gasteiger partial charge in [0, 0.05) is 12.5 Å². The maximum absolute atomic E-state index is 5.74. The fraction of sp³-hybridized carbons (Fsp3) is 0.200. The van der Waals surface area contributed by atoms with Crippen LogP contribution in [0.25, 0.3) is 10.8 Å². The molecular weight excluding hydrogens is 208 g/mol. The molecule has 1 aliphatic rings. The van der Waals surface area contributed by atoms with Crippen molar-refractivity contribution in [3.63, 3.8) is 0 Å². The van der Waals surface area contributed by atoms with E-state index in [1.54, 1.807) is 0 Å². The van der Waals surface area contributed by atoms with Crippen molar-refractivity contribution in [1.82, 2.24) is 5.32 Å². The predicted molar refractivity (Wildman–Crippen MR) is 71.4 cm³/mol. The summed E-state index contributed by atoms with van der Waals surface area (Å²) in [4.78, 5) is 0. The lowest BCUT2D eigenvalue weighted by Crippen LogP contribution is -2.17. The third-order valence-electron chi connectivity index (χ3n) is 3.35. The summed E-state index contributed by atoms with van der Waals surface area (Å²) >= 11 is 0. The molecule has 2 aromatic rings. The average molecular weight is 224 g/mol. The van der Waals surface area contributed by atoms with Crippen molar-refractivity contribution in [3.05, 3.63) is 59.9 Å². The lowest BCUT2D eigenvalue weighted by Gasteiger charge is -2.10. The van der Waals surface area contributed by atoms with Crippen LogP contribution in [0.5, 0.6) is 0 Å². The first-order valence-electron chi connectivity index (χ1n) is 6.01. The van der Waals surface area contributed by atoms with Gasteiger partial charge in [-0.2, -0.15) is 0 Å². The van der Waals surface area contributed by atoms with Crippen LogP contribution >= 0.6 is 0 Å². The van der Waals surface area contributed by atoms with Crippen molar-refractivity contribution in [2.45, 2.75) is 6.42 Å². The van der Waals surface area contributed by atoms with Crippen molar-refractivity contribution in [2.24, 2.45) is 11.7 Å². The second-order valence-corrected chi connectivity index (χ2v) is 4.61. The molecule has 1 heterocycles. The third-order valence-corrected chi connectivity index (χ3v) is 3.35. The number of hydrogen-bond donors (Lipinski definition) is 2. The van der Waals surface area contributed by atoms with Crippen LogP contribution in [0, 0.1) is 5.92 Å². The van der Waals surface area contributed by atoms with Crippen LogP contribution in [0.15, 0.2) is 54.4 Å². The van der Waals surface area contributed by atoms with Gasteiger partial charge >= 0.3 is 0 Å². The van der Waals surface area contributed by atoms with Crippen LogP contribution in [0.4, 0.5) is 0 Å². The highest BCUT2D eigenvalue weighted by atomic mass is 15.0. The fourth-order valence-electron chi connectivity index (χ4n) is 2.50. The summed E-state index contributed by atoms with van der Waals surface area (Å²) in [5.74, 6) is 1.33. The van der Waals surface area contributed by atoms with E-state index in [4.69, 9.17) is 5.73 Å². The van der Waals surface area contributed by atoms with Crippen molar-refractivity contribution >= 4 is 10.8 Å². The maximum Gasteiger partial charge on any atom is 0.0922 e. The lowest BCUT2D eigenvalue weighted by molar-refractivity contribution is 0.650. The quantitative estimate of drug-likeness (QED) is 0.822. The number of hydrogen-bond acceptors (Lipinski definition) is 2. The molecule has 17 heavy (non-hydrogen) atoms. The van der Waals surface area contributed by atoms with E-state index in [-0.39, 0.29) is 0 Å². The van der Waals surface area contributed by atoms with Crippen LogP contribution in [-0.4, -0.2) is 6.54 Å². The highest BCUT2D eigenvalue weighted by Crippen LogP contribution is 2.22. The lowest BCUT2D eigenvalue weighted by atomic mass is 9.95. The number of nitrogens with one attached hydrogen (secondary N) is 1. The van der Waals surface area contributed by atoms with Crippen molar-refractivity contribution in [2.75, 3.05) is 6.54 Å². The molecule has 1 aliphatic heterocycles. The molecule has 0 bridgehead atoms. The maximum atomic E-state index is 5.74. The minimum absolute atomic E-state index is 0.515. The third kappa shape index (κ3) is 1.98. The fourth-order valence-corrected chi connectivity index (χ4v) is 2.50. The van der Waals surface area contributed by atoms with Gasteiger partial charge in [0.2, 0.25) is 0 Å². The van der Waals surface area contributed by atoms with E-state index >= 15 is 0 Å². The highest BCUT2D eigenvalue weighted by Gasteiger charge is 2.14. The Morgan fingerprint density at radius 1 is 1.12 bits per heavy atom. The van der Waals surface area contributed by atoms with Gasteiger partial charge in [-0.1, -0.05) is 42.5 Å². The zero-order valence-electron chi connectivity index (χ0n) is 9.69. The molecular formula is C15H16N2. The van der Waals surface area contributed by atoms with E-state index in [1.807, 2.05) is 0 Å². The molecule has 3 N–H and O–H groups in total. The molecule has 2 heteroatoms. The van der Waals surface area contributed by atoms with Gasteiger partial charge in [0.1, 0.15) is 0 Å². The zero-order chi connectivity index (χ0) is 11.7. The monoisotopic (exact) mass is 224 g/mol. The number of benzene rings is 2. The molecule has 2 nitrogen and oxygen atoms in total. The van der Waals surface area contributed by atoms with Crippen molar-refractivity contribution in [3.8, 4) is 0 Å². The minimum atomic E-state index is 0.515. The van der Waals surface area contributed by atoms with E-state index < -0.39 is 0 Å². The van der Waals surface area contributed by atoms with Gasteiger partial charge in [-0.15, -0.1) is 0 Å². The summed E-state index contributed by atoms with van der Waals surface area (Å²) in [6, 6.07) is 15.0. The van der Waals surface area contributed by atoms with Crippen LogP contribution in [-0.2, 0) is 6.42 Å². The Kier molecular flexibility index (Phi) is 2.48. The Hall–Kier alpha value is -1.96. The molecule has 1 atom stereocenters. The van der Waals surface area contributed by atoms with Crippen LogP contribution in [0.1, 0.15) is 5.56 Å². The average Bonchev–Trinajstić information content (AvgIpc) is 2.75. The van der Waals surface area contributed by atoms with E-state index in [9.17, 15) is 0 Å². The topological polar surface area (TPSA) is 38.0 Å². The van der Waals surface area contributed by atoms with E-state index in [2.05, 4.69) is 53.9 Å². The molecule has 2 aromatic carbocycles. The second-order valence-electron chi connectivity index (χ2n) is 4.61. The molecule has 0 amide bonds. The van der Waals surface area contributed by atoms with Gasteiger partial charge in [-0.05, 0) is 28.8 Å². The van der Waals surface area contributed by atoms with Gasteiger partial charge in [0.25, 0.3) is 0 Å². The first-order valence-corrected chi connectivity index (χ1v) is 6.01. The number of rotatable bonds is 2. The Bertz CT molecular complexity index is 567. The standard InChI is InChI=1S/C15H16N2/c16-15-9-11(10-17-15)8-13-6-3-5-12-4-1-2-7-14(12)13/h1-7,9,11,17H,8,10,16H2/t11-/m0/s1.